The van der Waals surface area contributed by atoms with E-state index in [-0.39, 0.29) is 10.8 Å². The highest BCUT2D eigenvalue weighted by Crippen LogP contribution is 2.22. The number of hydrogen-bond donors (Lipinski definition) is 1. The Bertz CT molecular complexity index is 995. The van der Waals surface area contributed by atoms with Crippen LogP contribution < -0.4 is 10.1 Å². The van der Waals surface area contributed by atoms with E-state index < -0.39 is 10.0 Å². The topological polar surface area (TPSA) is 75.7 Å². The minimum atomic E-state index is -3.60. The second kappa shape index (κ2) is 11.5. The van der Waals surface area contributed by atoms with Crippen LogP contribution in [0.5, 0.6) is 5.75 Å². The van der Waals surface area contributed by atoms with Gasteiger partial charge in [-0.1, -0.05) is 44.4 Å². The first-order valence-electron chi connectivity index (χ1n) is 11.5. The molecule has 1 aliphatic heterocycles. The molecule has 0 aliphatic carbocycles. The third-order valence-corrected chi connectivity index (χ3v) is 7.67. The maximum Gasteiger partial charge on any atom is 0.251 e. The van der Waals surface area contributed by atoms with Crippen molar-refractivity contribution in [3.05, 3.63) is 59.2 Å². The van der Waals surface area contributed by atoms with E-state index in [1.165, 1.54) is 11.6 Å². The van der Waals surface area contributed by atoms with E-state index in [1.54, 1.807) is 16.4 Å². The monoisotopic (exact) mass is 458 g/mol. The molecule has 1 saturated heterocycles. The molecule has 0 unspecified atom stereocenters. The van der Waals surface area contributed by atoms with E-state index >= 15 is 0 Å². The number of ether oxygens (including phenoxy) is 1. The molecule has 1 amide bonds. The van der Waals surface area contributed by atoms with Gasteiger partial charge in [0.25, 0.3) is 5.91 Å². The Balaban J connectivity index is 1.59. The van der Waals surface area contributed by atoms with Gasteiger partial charge in [0.1, 0.15) is 12.4 Å². The molecule has 174 valence electrons. The van der Waals surface area contributed by atoms with E-state index in [0.717, 1.165) is 49.8 Å². The summed E-state index contributed by atoms with van der Waals surface area (Å²) in [7, 11) is -3.60. The summed E-state index contributed by atoms with van der Waals surface area (Å²) in [5.74, 6) is 0.470. The summed E-state index contributed by atoms with van der Waals surface area (Å²) in [5.41, 5.74) is 2.40. The van der Waals surface area contributed by atoms with Crippen molar-refractivity contribution in [1.29, 1.82) is 0 Å². The smallest absolute Gasteiger partial charge is 0.251 e. The lowest BCUT2D eigenvalue weighted by Gasteiger charge is -2.20. The van der Waals surface area contributed by atoms with Gasteiger partial charge < -0.3 is 10.1 Å². The maximum absolute atomic E-state index is 13.1. The molecule has 3 rings (SSSR count). The highest BCUT2D eigenvalue weighted by Gasteiger charge is 2.26. The number of carbonyl (C=O) groups excluding carboxylic acids is 1. The molecule has 7 heteroatoms. The van der Waals surface area contributed by atoms with Crippen molar-refractivity contribution in [3.63, 3.8) is 0 Å². The van der Waals surface area contributed by atoms with E-state index in [0.29, 0.717) is 31.8 Å². The van der Waals surface area contributed by atoms with Gasteiger partial charge in [-0.15, -0.1) is 0 Å². The quantitative estimate of drug-likeness (QED) is 0.568. The molecule has 2 aromatic rings. The van der Waals surface area contributed by atoms with Gasteiger partial charge in [-0.25, -0.2) is 8.42 Å². The number of amides is 1. The predicted molar refractivity (Wildman–Crippen MR) is 127 cm³/mol. The van der Waals surface area contributed by atoms with Crippen LogP contribution in [0.3, 0.4) is 0 Å². The number of nitrogens with zero attached hydrogens (tertiary/aromatic N) is 1. The Morgan fingerprint density at radius 3 is 2.38 bits per heavy atom. The van der Waals surface area contributed by atoms with Crippen molar-refractivity contribution in [2.75, 3.05) is 26.2 Å². The summed E-state index contributed by atoms with van der Waals surface area (Å²) in [5, 5.41) is 2.84. The molecule has 0 aromatic heterocycles. The van der Waals surface area contributed by atoms with Crippen LogP contribution in [0.2, 0.25) is 0 Å². The lowest BCUT2D eigenvalue weighted by molar-refractivity contribution is 0.0946. The number of rotatable bonds is 9. The SMILES string of the molecule is CCCc1ccc(OCCNC(=O)c2cc(S(=O)(=O)N3CCCCCC3)ccc2C)cc1. The molecular weight excluding hydrogens is 424 g/mol. The molecule has 0 radical (unpaired) electrons. The largest absolute Gasteiger partial charge is 0.492 e. The molecule has 32 heavy (non-hydrogen) atoms. The number of aryl methyl sites for hydroxylation is 2. The molecule has 0 spiro atoms. The fraction of sp³-hybridized carbons (Fsp3) is 0.480. The number of nitrogens with one attached hydrogen (secondary N) is 1. The number of sulfonamides is 1. The molecule has 1 aliphatic rings. The van der Waals surface area contributed by atoms with Crippen molar-refractivity contribution in [3.8, 4) is 5.75 Å². The molecular formula is C25H34N2O4S. The highest BCUT2D eigenvalue weighted by molar-refractivity contribution is 7.89. The van der Waals surface area contributed by atoms with Crippen LogP contribution in [0.25, 0.3) is 0 Å². The predicted octanol–water partition coefficient (Wildman–Crippen LogP) is 4.32. The first kappa shape index (κ1) is 24.3. The zero-order chi connectivity index (χ0) is 23.0. The van der Waals surface area contributed by atoms with Crippen molar-refractivity contribution >= 4 is 15.9 Å². The second-order valence-corrected chi connectivity index (χ2v) is 10.2. The normalized spacial score (nSPS) is 15.2. The number of hydrogen-bond acceptors (Lipinski definition) is 4. The lowest BCUT2D eigenvalue weighted by atomic mass is 10.1. The Morgan fingerprint density at radius 1 is 1.03 bits per heavy atom. The van der Waals surface area contributed by atoms with Gasteiger partial charge in [-0.2, -0.15) is 4.31 Å². The fourth-order valence-electron chi connectivity index (χ4n) is 3.91. The molecule has 1 N–H and O–H groups in total. The van der Waals surface area contributed by atoms with E-state index in [1.807, 2.05) is 19.1 Å². The first-order valence-corrected chi connectivity index (χ1v) is 13.0. The van der Waals surface area contributed by atoms with Crippen LogP contribution in [0.1, 0.15) is 60.5 Å². The van der Waals surface area contributed by atoms with Gasteiger partial charge in [0, 0.05) is 18.7 Å². The molecule has 1 fully saturated rings. The van der Waals surface area contributed by atoms with Crippen molar-refractivity contribution < 1.29 is 17.9 Å². The van der Waals surface area contributed by atoms with Crippen LogP contribution in [-0.4, -0.2) is 44.9 Å². The summed E-state index contributed by atoms with van der Waals surface area (Å²) < 4.78 is 33.4. The lowest BCUT2D eigenvalue weighted by Crippen LogP contribution is -2.32. The zero-order valence-electron chi connectivity index (χ0n) is 19.1. The minimum absolute atomic E-state index is 0.179. The molecule has 0 bridgehead atoms. The standard InChI is InChI=1S/C25H34N2O4S/c1-3-8-21-10-12-22(13-11-21)31-18-15-26-25(28)24-19-23(14-9-20(24)2)32(29,30)27-16-6-4-5-7-17-27/h9-14,19H,3-8,15-18H2,1-2H3,(H,26,28). The fourth-order valence-corrected chi connectivity index (χ4v) is 5.45. The van der Waals surface area contributed by atoms with Crippen molar-refractivity contribution in [2.24, 2.45) is 0 Å². The molecule has 2 aromatic carbocycles. The zero-order valence-corrected chi connectivity index (χ0v) is 19.9. The van der Waals surface area contributed by atoms with Gasteiger partial charge in [0.05, 0.1) is 11.4 Å². The summed E-state index contributed by atoms with van der Waals surface area (Å²) in [6.07, 6.45) is 6.00. The van der Waals surface area contributed by atoms with Gasteiger partial charge in [-0.3, -0.25) is 4.79 Å². The third-order valence-electron chi connectivity index (χ3n) is 5.77. The van der Waals surface area contributed by atoms with Crippen LogP contribution in [0.4, 0.5) is 0 Å². The average Bonchev–Trinajstić information content (AvgIpc) is 3.08. The van der Waals surface area contributed by atoms with Crippen LogP contribution >= 0.6 is 0 Å². The van der Waals surface area contributed by atoms with Crippen molar-refractivity contribution in [1.82, 2.24) is 9.62 Å². The van der Waals surface area contributed by atoms with Crippen molar-refractivity contribution in [2.45, 2.75) is 57.3 Å². The summed E-state index contributed by atoms with van der Waals surface area (Å²) in [6, 6.07) is 12.8. The van der Waals surface area contributed by atoms with Gasteiger partial charge in [-0.05, 0) is 61.6 Å². The van der Waals surface area contributed by atoms with Gasteiger partial charge >= 0.3 is 0 Å². The molecule has 1 heterocycles. The summed E-state index contributed by atoms with van der Waals surface area (Å²) in [4.78, 5) is 12.9. The third kappa shape index (κ3) is 6.33. The first-order chi connectivity index (χ1) is 15.4. The second-order valence-electron chi connectivity index (χ2n) is 8.29. The summed E-state index contributed by atoms with van der Waals surface area (Å²) in [6.45, 7) is 5.70. The number of benzene rings is 2. The Hall–Kier alpha value is -2.38. The maximum atomic E-state index is 13.1. The van der Waals surface area contributed by atoms with E-state index in [2.05, 4.69) is 24.4 Å². The van der Waals surface area contributed by atoms with E-state index in [4.69, 9.17) is 4.74 Å². The number of carbonyl (C=O) groups is 1. The highest BCUT2D eigenvalue weighted by atomic mass is 32.2. The Kier molecular flexibility index (Phi) is 8.70. The van der Waals surface area contributed by atoms with Gasteiger partial charge in [0.15, 0.2) is 0 Å². The van der Waals surface area contributed by atoms with E-state index in [9.17, 15) is 13.2 Å². The summed E-state index contributed by atoms with van der Waals surface area (Å²) >= 11 is 0. The molecule has 6 nitrogen and oxygen atoms in total. The molecule has 0 saturated carbocycles. The Labute approximate surface area is 192 Å². The molecule has 0 atom stereocenters. The average molecular weight is 459 g/mol. The van der Waals surface area contributed by atoms with Crippen LogP contribution in [0.15, 0.2) is 47.4 Å². The van der Waals surface area contributed by atoms with Crippen LogP contribution in [0, 0.1) is 6.92 Å². The van der Waals surface area contributed by atoms with Crippen LogP contribution in [-0.2, 0) is 16.4 Å². The minimum Gasteiger partial charge on any atom is -0.492 e. The van der Waals surface area contributed by atoms with Gasteiger partial charge in [0.2, 0.25) is 10.0 Å². The Morgan fingerprint density at radius 2 is 1.72 bits per heavy atom.